The Morgan fingerprint density at radius 3 is 2.29 bits per heavy atom. The van der Waals surface area contributed by atoms with Crippen LogP contribution < -0.4 is 4.90 Å². The largest absolute Gasteiger partial charge is 0.508 e. The fourth-order valence-corrected chi connectivity index (χ4v) is 2.38. The minimum atomic E-state index is 0.148. The van der Waals surface area contributed by atoms with E-state index >= 15 is 0 Å². The molecule has 5 heteroatoms. The van der Waals surface area contributed by atoms with Crippen molar-refractivity contribution in [1.29, 1.82) is 0 Å². The lowest BCUT2D eigenvalue weighted by Gasteiger charge is -2.35. The van der Waals surface area contributed by atoms with Gasteiger partial charge in [0, 0.05) is 31.9 Å². The summed E-state index contributed by atoms with van der Waals surface area (Å²) in [7, 11) is 0. The van der Waals surface area contributed by atoms with Crippen molar-refractivity contribution < 1.29 is 9.90 Å². The molecule has 1 N–H and O–H groups in total. The third kappa shape index (κ3) is 2.85. The first-order chi connectivity index (χ1) is 8.20. The maximum Gasteiger partial charge on any atom is 0.281 e. The number of benzene rings is 1. The molecule has 1 aliphatic rings. The van der Waals surface area contributed by atoms with Gasteiger partial charge in [-0.3, -0.25) is 4.79 Å². The first-order valence-electron chi connectivity index (χ1n) is 5.57. The molecule has 4 nitrogen and oxygen atoms in total. The molecule has 0 atom stereocenters. The van der Waals surface area contributed by atoms with E-state index in [9.17, 15) is 9.90 Å². The predicted octanol–water partition coefficient (Wildman–Crippen LogP) is 2.00. The van der Waals surface area contributed by atoms with Crippen LogP contribution in [0.15, 0.2) is 24.3 Å². The first-order valence-corrected chi connectivity index (χ1v) is 6.80. The summed E-state index contributed by atoms with van der Waals surface area (Å²) >= 11 is 1.27. The molecule has 0 aromatic heterocycles. The normalized spacial score (nSPS) is 16.1. The number of hydrogen-bond donors (Lipinski definition) is 1. The summed E-state index contributed by atoms with van der Waals surface area (Å²) in [4.78, 5) is 15.6. The fraction of sp³-hybridized carbons (Fsp3) is 0.417. The molecule has 1 saturated heterocycles. The Labute approximate surface area is 105 Å². The highest BCUT2D eigenvalue weighted by Crippen LogP contribution is 2.20. The van der Waals surface area contributed by atoms with Crippen LogP contribution in [0.5, 0.6) is 5.75 Å². The molecule has 1 fully saturated rings. The number of carbonyl (C=O) groups excluding carboxylic acids is 1. The van der Waals surface area contributed by atoms with Crippen LogP contribution in [0.1, 0.15) is 0 Å². The van der Waals surface area contributed by atoms with E-state index < -0.39 is 0 Å². The van der Waals surface area contributed by atoms with Crippen LogP contribution in [0.2, 0.25) is 0 Å². The monoisotopic (exact) mass is 252 g/mol. The molecule has 0 radical (unpaired) electrons. The summed E-state index contributed by atoms with van der Waals surface area (Å²) in [5.74, 6) is 0.282. The molecule has 1 aromatic rings. The van der Waals surface area contributed by atoms with Crippen molar-refractivity contribution in [3.63, 3.8) is 0 Å². The summed E-state index contributed by atoms with van der Waals surface area (Å²) in [6, 6.07) is 7.19. The van der Waals surface area contributed by atoms with Gasteiger partial charge in [0.25, 0.3) is 5.24 Å². The molecule has 0 unspecified atom stereocenters. The standard InChI is InChI=1S/C12H16N2O2S/c1-17-12(16)14-8-6-13(7-9-14)10-2-4-11(15)5-3-10/h2-5,15H,6-9H2,1H3. The van der Waals surface area contributed by atoms with Crippen molar-refractivity contribution in [2.24, 2.45) is 0 Å². The van der Waals surface area contributed by atoms with Gasteiger partial charge in [0.1, 0.15) is 5.75 Å². The van der Waals surface area contributed by atoms with Crippen molar-refractivity contribution in [2.45, 2.75) is 0 Å². The zero-order valence-electron chi connectivity index (χ0n) is 9.80. The molecule has 0 saturated carbocycles. The Kier molecular flexibility index (Phi) is 3.78. The number of thioether (sulfide) groups is 1. The maximum atomic E-state index is 11.5. The Hall–Kier alpha value is -1.36. The molecule has 1 aliphatic heterocycles. The number of rotatable bonds is 1. The summed E-state index contributed by atoms with van der Waals surface area (Å²) in [5.41, 5.74) is 1.10. The van der Waals surface area contributed by atoms with E-state index in [1.807, 2.05) is 23.3 Å². The first kappa shape index (κ1) is 12.1. The smallest absolute Gasteiger partial charge is 0.281 e. The average molecular weight is 252 g/mol. The Morgan fingerprint density at radius 1 is 1.18 bits per heavy atom. The van der Waals surface area contributed by atoms with Gasteiger partial charge in [0.15, 0.2) is 0 Å². The number of nitrogens with zero attached hydrogens (tertiary/aromatic N) is 2. The number of anilines is 1. The molecule has 1 heterocycles. The minimum Gasteiger partial charge on any atom is -0.508 e. The van der Waals surface area contributed by atoms with Crippen LogP contribution >= 0.6 is 11.8 Å². The Morgan fingerprint density at radius 2 is 1.76 bits per heavy atom. The minimum absolute atomic E-state index is 0.148. The topological polar surface area (TPSA) is 43.8 Å². The summed E-state index contributed by atoms with van der Waals surface area (Å²) in [6.07, 6.45) is 1.81. The van der Waals surface area contributed by atoms with Gasteiger partial charge in [-0.15, -0.1) is 0 Å². The highest BCUT2D eigenvalue weighted by Gasteiger charge is 2.20. The van der Waals surface area contributed by atoms with Gasteiger partial charge >= 0.3 is 0 Å². The third-order valence-corrected chi connectivity index (χ3v) is 3.53. The average Bonchev–Trinajstić information content (AvgIpc) is 2.39. The Bertz CT molecular complexity index is 386. The van der Waals surface area contributed by atoms with Crippen LogP contribution in [0.25, 0.3) is 0 Å². The number of piperazine rings is 1. The summed E-state index contributed by atoms with van der Waals surface area (Å²) in [5, 5.41) is 9.38. The van der Waals surface area contributed by atoms with Crippen LogP contribution in [0, 0.1) is 0 Å². The zero-order chi connectivity index (χ0) is 12.3. The second kappa shape index (κ2) is 5.31. The number of amides is 1. The van der Waals surface area contributed by atoms with E-state index in [4.69, 9.17) is 0 Å². The molecule has 1 amide bonds. The molecule has 2 rings (SSSR count). The van der Waals surface area contributed by atoms with Crippen LogP contribution in [-0.2, 0) is 0 Å². The number of phenolic OH excluding ortho intramolecular Hbond substituents is 1. The van der Waals surface area contributed by atoms with Gasteiger partial charge in [-0.25, -0.2) is 0 Å². The maximum absolute atomic E-state index is 11.5. The molecule has 1 aromatic carbocycles. The molecule has 0 spiro atoms. The van der Waals surface area contributed by atoms with E-state index in [0.717, 1.165) is 31.9 Å². The highest BCUT2D eigenvalue weighted by molar-refractivity contribution is 8.12. The predicted molar refractivity (Wildman–Crippen MR) is 70.8 cm³/mol. The van der Waals surface area contributed by atoms with E-state index in [0.29, 0.717) is 0 Å². The van der Waals surface area contributed by atoms with E-state index in [2.05, 4.69) is 4.90 Å². The highest BCUT2D eigenvalue weighted by atomic mass is 32.2. The van der Waals surface area contributed by atoms with Crippen LogP contribution in [0.4, 0.5) is 10.5 Å². The zero-order valence-corrected chi connectivity index (χ0v) is 10.6. The summed E-state index contributed by atoms with van der Waals surface area (Å²) in [6.45, 7) is 3.22. The van der Waals surface area contributed by atoms with Crippen molar-refractivity contribution in [2.75, 3.05) is 37.3 Å². The van der Waals surface area contributed by atoms with E-state index in [-0.39, 0.29) is 11.0 Å². The molecular weight excluding hydrogens is 236 g/mol. The van der Waals surface area contributed by atoms with Gasteiger partial charge in [-0.2, -0.15) is 0 Å². The molecule has 17 heavy (non-hydrogen) atoms. The third-order valence-electron chi connectivity index (χ3n) is 2.93. The second-order valence-corrected chi connectivity index (χ2v) is 4.72. The fourth-order valence-electron chi connectivity index (χ4n) is 1.94. The quantitative estimate of drug-likeness (QED) is 0.830. The SMILES string of the molecule is CSC(=O)N1CCN(c2ccc(O)cc2)CC1. The van der Waals surface area contributed by atoms with E-state index in [1.165, 1.54) is 11.8 Å². The lowest BCUT2D eigenvalue weighted by molar-refractivity contribution is 0.219. The van der Waals surface area contributed by atoms with Gasteiger partial charge < -0.3 is 14.9 Å². The van der Waals surface area contributed by atoms with Crippen molar-refractivity contribution in [3.8, 4) is 5.75 Å². The lowest BCUT2D eigenvalue weighted by Crippen LogP contribution is -2.47. The van der Waals surface area contributed by atoms with Gasteiger partial charge in [0.05, 0.1) is 0 Å². The van der Waals surface area contributed by atoms with Crippen molar-refractivity contribution in [1.82, 2.24) is 4.90 Å². The number of carbonyl (C=O) groups is 1. The van der Waals surface area contributed by atoms with Gasteiger partial charge in [-0.1, -0.05) is 11.8 Å². The van der Waals surface area contributed by atoms with Crippen molar-refractivity contribution in [3.05, 3.63) is 24.3 Å². The Balaban J connectivity index is 1.95. The molecule has 92 valence electrons. The number of hydrogen-bond acceptors (Lipinski definition) is 4. The second-order valence-electron chi connectivity index (χ2n) is 3.96. The van der Waals surface area contributed by atoms with Crippen LogP contribution in [0.3, 0.4) is 0 Å². The summed E-state index contributed by atoms with van der Waals surface area (Å²) < 4.78 is 0. The number of phenols is 1. The van der Waals surface area contributed by atoms with Gasteiger partial charge in [-0.05, 0) is 30.5 Å². The lowest BCUT2D eigenvalue weighted by atomic mass is 10.2. The van der Waals surface area contributed by atoms with Crippen LogP contribution in [-0.4, -0.2) is 47.7 Å². The molecular formula is C12H16N2O2S. The molecule has 0 aliphatic carbocycles. The molecule has 0 bridgehead atoms. The van der Waals surface area contributed by atoms with E-state index in [1.54, 1.807) is 12.1 Å². The number of aromatic hydroxyl groups is 1. The van der Waals surface area contributed by atoms with Gasteiger partial charge in [0.2, 0.25) is 0 Å². The van der Waals surface area contributed by atoms with Crippen molar-refractivity contribution >= 4 is 22.7 Å².